The van der Waals surface area contributed by atoms with Crippen molar-refractivity contribution in [1.29, 1.82) is 0 Å². The van der Waals surface area contributed by atoms with Crippen molar-refractivity contribution in [3.05, 3.63) is 34.4 Å². The van der Waals surface area contributed by atoms with Crippen molar-refractivity contribution in [1.82, 2.24) is 14.8 Å². The molecule has 1 aromatic carbocycles. The van der Waals surface area contributed by atoms with E-state index in [1.807, 2.05) is 0 Å². The highest BCUT2D eigenvalue weighted by molar-refractivity contribution is 7.98. The molecule has 7 heteroatoms. The molecule has 2 aromatic rings. The van der Waals surface area contributed by atoms with Crippen molar-refractivity contribution in [2.45, 2.75) is 57.2 Å². The molecule has 2 fully saturated rings. The number of aryl methyl sites for hydroxylation is 3. The number of hydrogen-bond acceptors (Lipinski definition) is 6. The third-order valence-electron chi connectivity index (χ3n) is 5.59. The summed E-state index contributed by atoms with van der Waals surface area (Å²) >= 11 is 1.78. The van der Waals surface area contributed by atoms with Crippen molar-refractivity contribution < 1.29 is 9.47 Å². The van der Waals surface area contributed by atoms with Gasteiger partial charge in [0, 0.05) is 25.4 Å². The monoisotopic (exact) mass is 402 g/mol. The predicted molar refractivity (Wildman–Crippen MR) is 112 cm³/mol. The average Bonchev–Trinajstić information content (AvgIpc) is 3.32. The first-order chi connectivity index (χ1) is 13.6. The second-order valence-electron chi connectivity index (χ2n) is 7.79. The number of ether oxygens (including phenoxy) is 2. The van der Waals surface area contributed by atoms with E-state index in [9.17, 15) is 0 Å². The smallest absolute Gasteiger partial charge is 0.228 e. The van der Waals surface area contributed by atoms with Gasteiger partial charge in [-0.2, -0.15) is 0 Å². The van der Waals surface area contributed by atoms with Crippen LogP contribution in [0.4, 0.5) is 5.95 Å². The molecule has 6 nitrogen and oxygen atoms in total. The molecule has 0 saturated carbocycles. The molecule has 0 aliphatic carbocycles. The summed E-state index contributed by atoms with van der Waals surface area (Å²) in [6.07, 6.45) is 2.52. The highest BCUT2D eigenvalue weighted by Gasteiger charge is 2.25. The highest BCUT2D eigenvalue weighted by atomic mass is 32.2. The number of aromatic nitrogens is 3. The lowest BCUT2D eigenvalue weighted by atomic mass is 10.0. The zero-order valence-electron chi connectivity index (χ0n) is 17.1. The Bertz CT molecular complexity index is 788. The summed E-state index contributed by atoms with van der Waals surface area (Å²) in [5.74, 6) is 1.86. The first kappa shape index (κ1) is 19.7. The topological polar surface area (TPSA) is 52.4 Å². The quantitative estimate of drug-likeness (QED) is 0.689. The zero-order chi connectivity index (χ0) is 19.5. The van der Waals surface area contributed by atoms with Crippen molar-refractivity contribution in [2.75, 3.05) is 37.8 Å². The first-order valence-corrected chi connectivity index (χ1v) is 11.2. The average molecular weight is 403 g/mol. The van der Waals surface area contributed by atoms with E-state index < -0.39 is 0 Å². The number of nitrogens with zero attached hydrogens (tertiary/aromatic N) is 4. The molecule has 2 saturated heterocycles. The van der Waals surface area contributed by atoms with E-state index in [1.165, 1.54) is 22.3 Å². The number of thioether (sulfide) groups is 1. The molecule has 28 heavy (non-hydrogen) atoms. The number of rotatable bonds is 6. The van der Waals surface area contributed by atoms with Gasteiger partial charge >= 0.3 is 0 Å². The molecule has 2 aliphatic rings. The van der Waals surface area contributed by atoms with Crippen LogP contribution in [0.3, 0.4) is 0 Å². The largest absolute Gasteiger partial charge is 0.378 e. The van der Waals surface area contributed by atoms with Crippen LogP contribution in [0.15, 0.2) is 17.3 Å². The van der Waals surface area contributed by atoms with Crippen molar-refractivity contribution in [3.63, 3.8) is 0 Å². The summed E-state index contributed by atoms with van der Waals surface area (Å²) in [6, 6.07) is 4.53. The van der Waals surface area contributed by atoms with E-state index in [4.69, 9.17) is 9.47 Å². The number of benzene rings is 1. The van der Waals surface area contributed by atoms with Crippen LogP contribution in [0.5, 0.6) is 0 Å². The molecule has 0 amide bonds. The summed E-state index contributed by atoms with van der Waals surface area (Å²) < 4.78 is 13.7. The van der Waals surface area contributed by atoms with Gasteiger partial charge in [0.1, 0.15) is 0 Å². The molecule has 0 spiro atoms. The molecule has 2 aliphatic heterocycles. The molecular weight excluding hydrogens is 372 g/mol. The van der Waals surface area contributed by atoms with Gasteiger partial charge in [-0.25, -0.2) is 0 Å². The van der Waals surface area contributed by atoms with Gasteiger partial charge in [-0.3, -0.25) is 4.57 Å². The Morgan fingerprint density at radius 1 is 1.07 bits per heavy atom. The standard InChI is InChI=1S/C21H30N4O2S/c1-15-11-16(2)19(17(3)12-15)14-28-21-23-22-20(24-6-9-26-10-7-24)25(21)13-18-5-4-8-27-18/h11-12,18H,4-10,13-14H2,1-3H3. The van der Waals surface area contributed by atoms with Crippen LogP contribution in [-0.4, -0.2) is 53.8 Å². The second-order valence-corrected chi connectivity index (χ2v) is 8.74. The van der Waals surface area contributed by atoms with Gasteiger partial charge in [-0.1, -0.05) is 29.5 Å². The minimum Gasteiger partial charge on any atom is -0.378 e. The van der Waals surface area contributed by atoms with E-state index in [2.05, 4.69) is 52.6 Å². The Kier molecular flexibility index (Phi) is 6.23. The van der Waals surface area contributed by atoms with Gasteiger partial charge in [-0.15, -0.1) is 10.2 Å². The Labute approximate surface area is 171 Å². The molecular formula is C21H30N4O2S. The van der Waals surface area contributed by atoms with E-state index in [0.717, 1.165) is 69.2 Å². The fraction of sp³-hybridized carbons (Fsp3) is 0.619. The zero-order valence-corrected chi connectivity index (χ0v) is 17.9. The lowest BCUT2D eigenvalue weighted by Crippen LogP contribution is -2.38. The van der Waals surface area contributed by atoms with Gasteiger partial charge < -0.3 is 14.4 Å². The van der Waals surface area contributed by atoms with Crippen LogP contribution in [0.2, 0.25) is 0 Å². The van der Waals surface area contributed by atoms with Crippen molar-refractivity contribution in [3.8, 4) is 0 Å². The van der Waals surface area contributed by atoms with Crippen LogP contribution < -0.4 is 4.90 Å². The lowest BCUT2D eigenvalue weighted by molar-refractivity contribution is 0.0942. The molecule has 1 unspecified atom stereocenters. The maximum atomic E-state index is 5.91. The first-order valence-electron chi connectivity index (χ1n) is 10.2. The maximum Gasteiger partial charge on any atom is 0.228 e. The molecule has 1 aromatic heterocycles. The van der Waals surface area contributed by atoms with Crippen molar-refractivity contribution in [2.24, 2.45) is 0 Å². The fourth-order valence-electron chi connectivity index (χ4n) is 4.11. The van der Waals surface area contributed by atoms with Crippen LogP contribution in [0.25, 0.3) is 0 Å². The highest BCUT2D eigenvalue weighted by Crippen LogP contribution is 2.30. The van der Waals surface area contributed by atoms with E-state index in [0.29, 0.717) is 0 Å². The van der Waals surface area contributed by atoms with Crippen LogP contribution in [0.1, 0.15) is 35.1 Å². The maximum absolute atomic E-state index is 5.91. The van der Waals surface area contributed by atoms with E-state index in [-0.39, 0.29) is 6.10 Å². The van der Waals surface area contributed by atoms with Gasteiger partial charge in [0.05, 0.1) is 25.9 Å². The normalized spacial score (nSPS) is 20.1. The van der Waals surface area contributed by atoms with Crippen LogP contribution in [0, 0.1) is 20.8 Å². The molecule has 4 rings (SSSR count). The molecule has 0 N–H and O–H groups in total. The SMILES string of the molecule is Cc1cc(C)c(CSc2nnc(N3CCOCC3)n2CC2CCCO2)c(C)c1. The minimum atomic E-state index is 0.262. The van der Waals surface area contributed by atoms with Crippen molar-refractivity contribution >= 4 is 17.7 Å². The van der Waals surface area contributed by atoms with Gasteiger partial charge in [0.15, 0.2) is 5.16 Å². The fourth-order valence-corrected chi connectivity index (χ4v) is 5.25. The summed E-state index contributed by atoms with van der Waals surface area (Å²) in [5.41, 5.74) is 5.42. The Hall–Kier alpha value is -1.57. The number of anilines is 1. The third-order valence-corrected chi connectivity index (χ3v) is 6.58. The predicted octanol–water partition coefficient (Wildman–Crippen LogP) is 3.51. The van der Waals surface area contributed by atoms with Gasteiger partial charge in [0.2, 0.25) is 5.95 Å². The van der Waals surface area contributed by atoms with E-state index in [1.54, 1.807) is 11.8 Å². The van der Waals surface area contributed by atoms with Gasteiger partial charge in [-0.05, 0) is 50.3 Å². The summed E-state index contributed by atoms with van der Waals surface area (Å²) in [7, 11) is 0. The summed E-state index contributed by atoms with van der Waals surface area (Å²) in [4.78, 5) is 2.29. The second kappa shape index (κ2) is 8.84. The Morgan fingerprint density at radius 3 is 2.50 bits per heavy atom. The van der Waals surface area contributed by atoms with Gasteiger partial charge in [0.25, 0.3) is 0 Å². The van der Waals surface area contributed by atoms with Crippen LogP contribution >= 0.6 is 11.8 Å². The lowest BCUT2D eigenvalue weighted by Gasteiger charge is -2.28. The minimum absolute atomic E-state index is 0.262. The third kappa shape index (κ3) is 4.36. The molecule has 152 valence electrons. The number of hydrogen-bond donors (Lipinski definition) is 0. The molecule has 1 atom stereocenters. The summed E-state index contributed by atoms with van der Waals surface area (Å²) in [5, 5.41) is 10.1. The molecule has 3 heterocycles. The molecule has 0 radical (unpaired) electrons. The van der Waals surface area contributed by atoms with Crippen LogP contribution in [-0.2, 0) is 21.8 Å². The Balaban J connectivity index is 1.56. The Morgan fingerprint density at radius 2 is 1.82 bits per heavy atom. The molecule has 0 bridgehead atoms. The summed E-state index contributed by atoms with van der Waals surface area (Å²) in [6.45, 7) is 11.5. The van der Waals surface area contributed by atoms with E-state index >= 15 is 0 Å². The number of morpholine rings is 1.